The van der Waals surface area contributed by atoms with Crippen LogP contribution >= 0.6 is 23.2 Å². The Labute approximate surface area is 115 Å². The maximum absolute atomic E-state index is 11.7. The summed E-state index contributed by atoms with van der Waals surface area (Å²) in [7, 11) is 0. The average molecular weight is 287 g/mol. The molecular weight excluding hydrogens is 275 g/mol. The zero-order chi connectivity index (χ0) is 13.1. The highest BCUT2D eigenvalue weighted by atomic mass is 35.5. The van der Waals surface area contributed by atoms with Crippen LogP contribution in [0.15, 0.2) is 18.2 Å². The van der Waals surface area contributed by atoms with Crippen molar-refractivity contribution in [2.45, 2.75) is 18.9 Å². The SMILES string of the molecule is O=C(CNC(=O)c1ccc(Cl)c(Cl)c1)NC1CC1. The van der Waals surface area contributed by atoms with Gasteiger partial charge in [-0.05, 0) is 31.0 Å². The van der Waals surface area contributed by atoms with E-state index in [0.717, 1.165) is 12.8 Å². The summed E-state index contributed by atoms with van der Waals surface area (Å²) in [5.74, 6) is -0.523. The van der Waals surface area contributed by atoms with E-state index in [1.165, 1.54) is 6.07 Å². The lowest BCUT2D eigenvalue weighted by Gasteiger charge is -2.06. The molecule has 0 bridgehead atoms. The van der Waals surface area contributed by atoms with Crippen molar-refractivity contribution in [3.8, 4) is 0 Å². The Morgan fingerprint density at radius 1 is 1.22 bits per heavy atom. The molecule has 1 aliphatic carbocycles. The van der Waals surface area contributed by atoms with Crippen molar-refractivity contribution in [3.63, 3.8) is 0 Å². The quantitative estimate of drug-likeness (QED) is 0.890. The summed E-state index contributed by atoms with van der Waals surface area (Å²) in [5, 5.41) is 6.01. The van der Waals surface area contributed by atoms with Crippen LogP contribution in [0.2, 0.25) is 10.0 Å². The zero-order valence-electron chi connectivity index (χ0n) is 9.50. The van der Waals surface area contributed by atoms with E-state index in [1.54, 1.807) is 12.1 Å². The van der Waals surface area contributed by atoms with Gasteiger partial charge in [0, 0.05) is 11.6 Å². The van der Waals surface area contributed by atoms with Gasteiger partial charge < -0.3 is 10.6 Å². The predicted molar refractivity (Wildman–Crippen MR) is 70.0 cm³/mol. The van der Waals surface area contributed by atoms with Crippen LogP contribution in [0.1, 0.15) is 23.2 Å². The molecule has 0 saturated heterocycles. The third-order valence-corrected chi connectivity index (χ3v) is 3.27. The summed E-state index contributed by atoms with van der Waals surface area (Å²) in [5.41, 5.74) is 0.378. The Balaban J connectivity index is 1.86. The topological polar surface area (TPSA) is 58.2 Å². The van der Waals surface area contributed by atoms with E-state index in [0.29, 0.717) is 21.7 Å². The van der Waals surface area contributed by atoms with Gasteiger partial charge in [0.15, 0.2) is 0 Å². The summed E-state index contributed by atoms with van der Waals surface area (Å²) < 4.78 is 0. The largest absolute Gasteiger partial charge is 0.352 e. The molecule has 0 aliphatic heterocycles. The third kappa shape index (κ3) is 3.62. The number of halogens is 2. The van der Waals surface area contributed by atoms with Crippen LogP contribution in [-0.2, 0) is 4.79 Å². The van der Waals surface area contributed by atoms with Crippen LogP contribution < -0.4 is 10.6 Å². The first-order valence-corrected chi connectivity index (χ1v) is 6.34. The van der Waals surface area contributed by atoms with Crippen molar-refractivity contribution in [3.05, 3.63) is 33.8 Å². The van der Waals surface area contributed by atoms with Crippen LogP contribution in [0.3, 0.4) is 0 Å². The van der Waals surface area contributed by atoms with E-state index in [-0.39, 0.29) is 18.4 Å². The Morgan fingerprint density at radius 3 is 2.56 bits per heavy atom. The summed E-state index contributed by atoms with van der Waals surface area (Å²) in [4.78, 5) is 23.1. The second-order valence-corrected chi connectivity index (χ2v) is 4.97. The minimum Gasteiger partial charge on any atom is -0.352 e. The molecule has 0 aromatic heterocycles. The van der Waals surface area contributed by atoms with Gasteiger partial charge in [0.2, 0.25) is 5.91 Å². The van der Waals surface area contributed by atoms with Gasteiger partial charge in [-0.1, -0.05) is 23.2 Å². The maximum Gasteiger partial charge on any atom is 0.251 e. The Kier molecular flexibility index (Phi) is 4.09. The van der Waals surface area contributed by atoms with Crippen LogP contribution in [0.25, 0.3) is 0 Å². The molecule has 2 rings (SSSR count). The highest BCUT2D eigenvalue weighted by molar-refractivity contribution is 6.42. The summed E-state index contributed by atoms with van der Waals surface area (Å²) in [6.45, 7) is -0.0322. The molecule has 0 spiro atoms. The molecule has 1 aromatic rings. The molecule has 0 unspecified atom stereocenters. The first-order chi connectivity index (χ1) is 8.56. The molecule has 0 atom stereocenters. The smallest absolute Gasteiger partial charge is 0.251 e. The van der Waals surface area contributed by atoms with Gasteiger partial charge in [-0.3, -0.25) is 9.59 Å². The van der Waals surface area contributed by atoms with Crippen molar-refractivity contribution in [1.29, 1.82) is 0 Å². The van der Waals surface area contributed by atoms with Crippen molar-refractivity contribution in [2.75, 3.05) is 6.54 Å². The second kappa shape index (κ2) is 5.59. The van der Waals surface area contributed by atoms with E-state index < -0.39 is 0 Å². The second-order valence-electron chi connectivity index (χ2n) is 4.15. The molecule has 2 amide bonds. The van der Waals surface area contributed by atoms with Gasteiger partial charge in [-0.15, -0.1) is 0 Å². The summed E-state index contributed by atoms with van der Waals surface area (Å²) in [6, 6.07) is 4.86. The molecule has 2 N–H and O–H groups in total. The van der Waals surface area contributed by atoms with E-state index in [4.69, 9.17) is 23.2 Å². The number of hydrogen-bond acceptors (Lipinski definition) is 2. The molecular formula is C12H12Cl2N2O2. The van der Waals surface area contributed by atoms with Gasteiger partial charge >= 0.3 is 0 Å². The first kappa shape index (κ1) is 13.2. The van der Waals surface area contributed by atoms with Crippen LogP contribution in [0.4, 0.5) is 0 Å². The standard InChI is InChI=1S/C12H12Cl2N2O2/c13-9-4-1-7(5-10(9)14)12(18)15-6-11(17)16-8-2-3-8/h1,4-5,8H,2-3,6H2,(H,15,18)(H,16,17). The molecule has 96 valence electrons. The lowest BCUT2D eigenvalue weighted by atomic mass is 10.2. The molecule has 6 heteroatoms. The van der Waals surface area contributed by atoms with Crippen LogP contribution in [0, 0.1) is 0 Å². The third-order valence-electron chi connectivity index (χ3n) is 2.53. The minimum atomic E-state index is -0.348. The van der Waals surface area contributed by atoms with E-state index in [9.17, 15) is 9.59 Å². The number of amides is 2. The molecule has 4 nitrogen and oxygen atoms in total. The van der Waals surface area contributed by atoms with Crippen LogP contribution in [-0.4, -0.2) is 24.4 Å². The maximum atomic E-state index is 11.7. The Morgan fingerprint density at radius 2 is 1.94 bits per heavy atom. The lowest BCUT2D eigenvalue weighted by molar-refractivity contribution is -0.120. The van der Waals surface area contributed by atoms with Gasteiger partial charge in [0.05, 0.1) is 16.6 Å². The average Bonchev–Trinajstić information content (AvgIpc) is 3.13. The summed E-state index contributed by atoms with van der Waals surface area (Å²) in [6.07, 6.45) is 2.04. The summed E-state index contributed by atoms with van der Waals surface area (Å²) >= 11 is 11.6. The molecule has 1 aromatic carbocycles. The monoisotopic (exact) mass is 286 g/mol. The lowest BCUT2D eigenvalue weighted by Crippen LogP contribution is -2.37. The zero-order valence-corrected chi connectivity index (χ0v) is 11.0. The molecule has 1 aliphatic rings. The number of rotatable bonds is 4. The number of nitrogens with one attached hydrogen (secondary N) is 2. The fourth-order valence-corrected chi connectivity index (χ4v) is 1.70. The normalized spacial score (nSPS) is 14.1. The fraction of sp³-hybridized carbons (Fsp3) is 0.333. The number of hydrogen-bond donors (Lipinski definition) is 2. The Hall–Kier alpha value is -1.26. The Bertz CT molecular complexity index is 487. The minimum absolute atomic E-state index is 0.0322. The van der Waals surface area contributed by atoms with Gasteiger partial charge in [-0.25, -0.2) is 0 Å². The van der Waals surface area contributed by atoms with Gasteiger partial charge in [0.1, 0.15) is 0 Å². The fourth-order valence-electron chi connectivity index (χ4n) is 1.41. The van der Waals surface area contributed by atoms with Crippen LogP contribution in [0.5, 0.6) is 0 Å². The molecule has 18 heavy (non-hydrogen) atoms. The first-order valence-electron chi connectivity index (χ1n) is 5.59. The van der Waals surface area contributed by atoms with E-state index in [2.05, 4.69) is 10.6 Å². The molecule has 1 saturated carbocycles. The van der Waals surface area contributed by atoms with Crippen molar-refractivity contribution in [2.24, 2.45) is 0 Å². The molecule has 0 radical (unpaired) electrons. The van der Waals surface area contributed by atoms with Crippen molar-refractivity contribution < 1.29 is 9.59 Å². The number of carbonyl (C=O) groups is 2. The number of benzene rings is 1. The van der Waals surface area contributed by atoms with Crippen molar-refractivity contribution >= 4 is 35.0 Å². The predicted octanol–water partition coefficient (Wildman–Crippen LogP) is 2.00. The number of carbonyl (C=O) groups excluding carboxylic acids is 2. The van der Waals surface area contributed by atoms with E-state index >= 15 is 0 Å². The highest BCUT2D eigenvalue weighted by Crippen LogP contribution is 2.22. The molecule has 1 fully saturated rings. The molecule has 0 heterocycles. The van der Waals surface area contributed by atoms with Gasteiger partial charge in [-0.2, -0.15) is 0 Å². The van der Waals surface area contributed by atoms with Gasteiger partial charge in [0.25, 0.3) is 5.91 Å². The van der Waals surface area contributed by atoms with Crippen molar-refractivity contribution in [1.82, 2.24) is 10.6 Å². The van der Waals surface area contributed by atoms with E-state index in [1.807, 2.05) is 0 Å². The highest BCUT2D eigenvalue weighted by Gasteiger charge is 2.23.